The second-order valence-electron chi connectivity index (χ2n) is 1.49. The molecule has 0 atom stereocenters. The van der Waals surface area contributed by atoms with Gasteiger partial charge in [-0.25, -0.2) is 0 Å². The van der Waals surface area contributed by atoms with Gasteiger partial charge in [-0.3, -0.25) is 0 Å². The average Bonchev–Trinajstić information content (AvgIpc) is 1.90. The molecule has 4 heteroatoms. The van der Waals surface area contributed by atoms with Crippen LogP contribution in [0.4, 0.5) is 0 Å². The van der Waals surface area contributed by atoms with Crippen molar-refractivity contribution in [1.29, 1.82) is 0 Å². The van der Waals surface area contributed by atoms with Crippen molar-refractivity contribution in [2.24, 2.45) is 0 Å². The SMILES string of the molecule is O=[N+]([O-])[n+]1ccccc1. The maximum absolute atomic E-state index is 9.97. The second-order valence-corrected chi connectivity index (χ2v) is 1.49. The number of pyridine rings is 1. The van der Waals surface area contributed by atoms with Crippen LogP contribution in [0.2, 0.25) is 0 Å². The summed E-state index contributed by atoms with van der Waals surface area (Å²) in [6, 6.07) is 4.92. The molecule has 0 aromatic carbocycles. The van der Waals surface area contributed by atoms with Gasteiger partial charge in [-0.15, -0.1) is 0 Å². The number of hydrogen-bond donors (Lipinski definition) is 0. The van der Waals surface area contributed by atoms with E-state index in [1.165, 1.54) is 12.4 Å². The van der Waals surface area contributed by atoms with Crippen molar-refractivity contribution in [3.8, 4) is 0 Å². The zero-order valence-corrected chi connectivity index (χ0v) is 4.60. The Balaban J connectivity index is 2.98. The fourth-order valence-electron chi connectivity index (χ4n) is 0.498. The number of nitrogens with zero attached hydrogens (tertiary/aromatic N) is 2. The molecule has 1 aromatic rings. The van der Waals surface area contributed by atoms with Crippen LogP contribution in [0.15, 0.2) is 30.6 Å². The van der Waals surface area contributed by atoms with Crippen molar-refractivity contribution in [1.82, 2.24) is 0 Å². The van der Waals surface area contributed by atoms with Gasteiger partial charge in [0, 0.05) is 12.1 Å². The molecule has 0 radical (unpaired) electrons. The first-order valence-corrected chi connectivity index (χ1v) is 2.41. The van der Waals surface area contributed by atoms with E-state index < -0.39 is 5.03 Å². The van der Waals surface area contributed by atoms with E-state index in [9.17, 15) is 10.1 Å². The lowest BCUT2D eigenvalue weighted by Crippen LogP contribution is -2.40. The van der Waals surface area contributed by atoms with Gasteiger partial charge in [0.25, 0.3) is 0 Å². The van der Waals surface area contributed by atoms with E-state index in [2.05, 4.69) is 0 Å². The highest BCUT2D eigenvalue weighted by Gasteiger charge is 2.06. The topological polar surface area (TPSA) is 47.0 Å². The molecule has 0 aliphatic carbocycles. The minimum absolute atomic E-state index is 0.500. The van der Waals surface area contributed by atoms with Crippen LogP contribution >= 0.6 is 0 Å². The van der Waals surface area contributed by atoms with Crippen LogP contribution in [-0.2, 0) is 0 Å². The molecule has 1 rings (SSSR count). The molecule has 1 heterocycles. The van der Waals surface area contributed by atoms with Crippen LogP contribution in [-0.4, -0.2) is 5.03 Å². The Kier molecular flexibility index (Phi) is 1.40. The lowest BCUT2D eigenvalue weighted by Gasteiger charge is -1.76. The van der Waals surface area contributed by atoms with Crippen LogP contribution in [0.3, 0.4) is 0 Å². The smallest absolute Gasteiger partial charge is 0.198 e. The molecule has 0 aliphatic heterocycles. The van der Waals surface area contributed by atoms with E-state index in [1.807, 2.05) is 0 Å². The zero-order valence-electron chi connectivity index (χ0n) is 4.60. The number of aromatic nitrogens is 1. The standard InChI is InChI=1S/C5H5N2O2/c8-7(9)6-4-2-1-3-5-6/h1-5H/q+1. The fraction of sp³-hybridized carbons (Fsp3) is 0. The molecule has 0 N–H and O–H groups in total. The first-order valence-electron chi connectivity index (χ1n) is 2.41. The molecular weight excluding hydrogens is 120 g/mol. The molecule has 4 nitrogen and oxygen atoms in total. The number of rotatable bonds is 1. The van der Waals surface area contributed by atoms with Gasteiger partial charge in [-0.1, -0.05) is 0 Å². The van der Waals surface area contributed by atoms with Gasteiger partial charge < -0.3 is 0 Å². The zero-order chi connectivity index (χ0) is 6.69. The Bertz CT molecular complexity index is 209. The summed E-state index contributed by atoms with van der Waals surface area (Å²) in [4.78, 5) is 9.97. The molecule has 0 fully saturated rings. The number of nitro groups is 1. The molecule has 0 amide bonds. The average molecular weight is 125 g/mol. The van der Waals surface area contributed by atoms with Crippen molar-refractivity contribution < 1.29 is 9.71 Å². The summed E-state index contributed by atoms with van der Waals surface area (Å²) in [5.74, 6) is 0. The van der Waals surface area contributed by atoms with Crippen molar-refractivity contribution >= 4 is 0 Å². The maximum atomic E-state index is 9.97. The van der Waals surface area contributed by atoms with E-state index in [0.29, 0.717) is 0 Å². The predicted octanol–water partition coefficient (Wildman–Crippen LogP) is 0.0139. The summed E-state index contributed by atoms with van der Waals surface area (Å²) in [5.41, 5.74) is 0. The first kappa shape index (κ1) is 5.68. The Hall–Kier alpha value is -1.45. The monoisotopic (exact) mass is 125 g/mol. The quantitative estimate of drug-likeness (QED) is 0.301. The molecule has 46 valence electrons. The first-order chi connectivity index (χ1) is 4.30. The Morgan fingerprint density at radius 2 is 1.78 bits per heavy atom. The van der Waals surface area contributed by atoms with Crippen LogP contribution in [0.5, 0.6) is 0 Å². The van der Waals surface area contributed by atoms with Gasteiger partial charge in [0.15, 0.2) is 0 Å². The summed E-state index contributed by atoms with van der Waals surface area (Å²) in [6.45, 7) is 0. The summed E-state index contributed by atoms with van der Waals surface area (Å²) in [5, 5.41) is 9.47. The third-order valence-corrected chi connectivity index (χ3v) is 0.888. The molecule has 0 bridgehead atoms. The van der Waals surface area contributed by atoms with E-state index in [-0.39, 0.29) is 0 Å². The Morgan fingerprint density at radius 3 is 2.11 bits per heavy atom. The van der Waals surface area contributed by atoms with Crippen LogP contribution in [0.1, 0.15) is 0 Å². The van der Waals surface area contributed by atoms with Gasteiger partial charge in [0.1, 0.15) is 4.68 Å². The molecule has 0 unspecified atom stereocenters. The minimum Gasteiger partial charge on any atom is -0.198 e. The minimum atomic E-state index is -0.500. The lowest BCUT2D eigenvalue weighted by atomic mass is 10.5. The Labute approximate surface area is 51.5 Å². The number of hydrogen-bond acceptors (Lipinski definition) is 2. The fourth-order valence-corrected chi connectivity index (χ4v) is 0.498. The Morgan fingerprint density at radius 1 is 1.22 bits per heavy atom. The second kappa shape index (κ2) is 2.21. The molecule has 9 heavy (non-hydrogen) atoms. The third-order valence-electron chi connectivity index (χ3n) is 0.888. The van der Waals surface area contributed by atoms with E-state index in [4.69, 9.17) is 0 Å². The van der Waals surface area contributed by atoms with Crippen LogP contribution < -0.4 is 4.68 Å². The molecule has 0 saturated carbocycles. The van der Waals surface area contributed by atoms with Gasteiger partial charge in [-0.05, 0) is 6.07 Å². The van der Waals surface area contributed by atoms with Gasteiger partial charge in [0.2, 0.25) is 12.4 Å². The molecule has 0 aliphatic rings. The van der Waals surface area contributed by atoms with E-state index in [0.717, 1.165) is 4.68 Å². The molecule has 0 spiro atoms. The highest BCUT2D eigenvalue weighted by Crippen LogP contribution is 1.74. The van der Waals surface area contributed by atoms with Crippen LogP contribution in [0, 0.1) is 10.1 Å². The van der Waals surface area contributed by atoms with Crippen molar-refractivity contribution in [3.05, 3.63) is 40.7 Å². The van der Waals surface area contributed by atoms with Crippen molar-refractivity contribution in [2.45, 2.75) is 0 Å². The lowest BCUT2D eigenvalue weighted by molar-refractivity contribution is -1.19. The van der Waals surface area contributed by atoms with E-state index >= 15 is 0 Å². The highest BCUT2D eigenvalue weighted by atomic mass is 16.7. The van der Waals surface area contributed by atoms with Gasteiger partial charge in [-0.2, -0.15) is 10.1 Å². The van der Waals surface area contributed by atoms with Gasteiger partial charge in [0.05, 0.1) is 0 Å². The summed E-state index contributed by atoms with van der Waals surface area (Å²) >= 11 is 0. The summed E-state index contributed by atoms with van der Waals surface area (Å²) in [6.07, 6.45) is 2.75. The predicted molar refractivity (Wildman–Crippen MR) is 29.0 cm³/mol. The maximum Gasteiger partial charge on any atom is 0.327 e. The molecule has 0 saturated heterocycles. The molecular formula is C5H5N2O2+. The van der Waals surface area contributed by atoms with Crippen molar-refractivity contribution in [2.75, 3.05) is 0 Å². The summed E-state index contributed by atoms with van der Waals surface area (Å²) < 4.78 is 0.889. The van der Waals surface area contributed by atoms with Crippen LogP contribution in [0.25, 0.3) is 0 Å². The van der Waals surface area contributed by atoms with Gasteiger partial charge >= 0.3 is 5.03 Å². The van der Waals surface area contributed by atoms with Crippen molar-refractivity contribution in [3.63, 3.8) is 0 Å². The highest BCUT2D eigenvalue weighted by molar-refractivity contribution is 4.82. The third kappa shape index (κ3) is 1.22. The normalized spacial score (nSPS) is 8.89. The molecule has 1 aromatic heterocycles. The van der Waals surface area contributed by atoms with E-state index in [1.54, 1.807) is 18.2 Å². The summed E-state index contributed by atoms with van der Waals surface area (Å²) in [7, 11) is 0. The largest absolute Gasteiger partial charge is 0.327 e.